The van der Waals surface area contributed by atoms with Crippen molar-refractivity contribution in [2.75, 3.05) is 40.9 Å². The first-order valence-electron chi connectivity index (χ1n) is 26.3. The Kier molecular flexibility index (Phi) is 44.6. The molecule has 372 valence electrons. The SMILES string of the molecule is CCCCC/C=C/CC/C=C/CC/C=C/C(O)C(COP(=O)(O)OCC[N+](C)(C)C)NC(=O)CCCCCCCCCCCCCCCC/C=C\C/C=C\C/C=C\CCCCCCC. The number of unbranched alkanes of at least 4 members (excludes halogenated alkanes) is 24. The zero-order chi connectivity index (χ0) is 47.1. The van der Waals surface area contributed by atoms with Gasteiger partial charge in [0.25, 0.3) is 0 Å². The van der Waals surface area contributed by atoms with Crippen LogP contribution in [0.3, 0.4) is 0 Å². The second-order valence-corrected chi connectivity index (χ2v) is 20.3. The zero-order valence-corrected chi connectivity index (χ0v) is 43.1. The number of nitrogens with one attached hydrogen (secondary N) is 1. The molecule has 3 unspecified atom stereocenters. The molecule has 0 saturated carbocycles. The van der Waals surface area contributed by atoms with Crippen molar-refractivity contribution in [2.45, 2.75) is 231 Å². The number of likely N-dealkylation sites (N-methyl/N-ethyl adjacent to an activating group) is 1. The Hall–Kier alpha value is -2.06. The standard InChI is InChI=1S/C55H101N2O6P/c1-6-8-10-12-14-16-18-20-21-22-23-24-25-26-27-28-29-30-31-32-33-34-35-37-39-41-43-45-47-49-55(59)56-53(52-63-64(60,61)62-51-50-57(3,4)5)54(58)48-46-44-42-40-38-36-19-17-15-13-11-9-7-2/h15,17-18,20,22-23,25-26,38,40,46,48,53-54,58H,6-14,16,19,21,24,27-37,39,41-45,47,49-52H2,1-5H3,(H-,56,59,60,61)/p+1/b17-15+,20-18-,23-22-,26-25-,40-38+,48-46+. The molecule has 3 atom stereocenters. The average Bonchev–Trinajstić information content (AvgIpc) is 3.25. The van der Waals surface area contributed by atoms with Crippen molar-refractivity contribution in [3.8, 4) is 0 Å². The van der Waals surface area contributed by atoms with E-state index in [4.69, 9.17) is 9.05 Å². The maximum absolute atomic E-state index is 12.9. The Bertz CT molecular complexity index is 1270. The van der Waals surface area contributed by atoms with Gasteiger partial charge in [0.15, 0.2) is 0 Å². The second-order valence-electron chi connectivity index (χ2n) is 18.9. The number of aliphatic hydroxyl groups excluding tert-OH is 1. The highest BCUT2D eigenvalue weighted by Crippen LogP contribution is 2.43. The van der Waals surface area contributed by atoms with Gasteiger partial charge in [-0.25, -0.2) is 4.57 Å². The summed E-state index contributed by atoms with van der Waals surface area (Å²) in [7, 11) is 1.54. The lowest BCUT2D eigenvalue weighted by Crippen LogP contribution is -2.45. The van der Waals surface area contributed by atoms with Crippen LogP contribution in [-0.2, 0) is 18.4 Å². The number of carbonyl (C=O) groups excluding carboxylic acids is 1. The number of rotatable bonds is 47. The molecule has 0 aliphatic heterocycles. The summed E-state index contributed by atoms with van der Waals surface area (Å²) in [6.07, 6.45) is 62.8. The first kappa shape index (κ1) is 61.9. The summed E-state index contributed by atoms with van der Waals surface area (Å²) < 4.78 is 23.6. The van der Waals surface area contributed by atoms with Crippen LogP contribution in [0.15, 0.2) is 72.9 Å². The summed E-state index contributed by atoms with van der Waals surface area (Å²) in [6.45, 7) is 4.73. The van der Waals surface area contributed by atoms with Gasteiger partial charge in [-0.3, -0.25) is 13.8 Å². The second kappa shape index (κ2) is 46.1. The lowest BCUT2D eigenvalue weighted by Gasteiger charge is -2.25. The van der Waals surface area contributed by atoms with E-state index < -0.39 is 20.0 Å². The number of carbonyl (C=O) groups is 1. The molecule has 0 aromatic rings. The van der Waals surface area contributed by atoms with E-state index in [1.165, 1.54) is 135 Å². The zero-order valence-electron chi connectivity index (χ0n) is 42.3. The van der Waals surface area contributed by atoms with Gasteiger partial charge in [-0.15, -0.1) is 0 Å². The van der Waals surface area contributed by atoms with Crippen LogP contribution >= 0.6 is 7.82 Å². The van der Waals surface area contributed by atoms with Gasteiger partial charge < -0.3 is 19.8 Å². The molecule has 0 rings (SSSR count). The minimum absolute atomic E-state index is 0.0510. The van der Waals surface area contributed by atoms with Crippen LogP contribution in [0.1, 0.15) is 219 Å². The molecule has 1 amide bonds. The average molecular weight is 918 g/mol. The van der Waals surface area contributed by atoms with Crippen LogP contribution in [0.2, 0.25) is 0 Å². The highest BCUT2D eigenvalue weighted by atomic mass is 31.2. The van der Waals surface area contributed by atoms with Gasteiger partial charge in [-0.1, -0.05) is 202 Å². The Morgan fingerprint density at radius 2 is 0.906 bits per heavy atom. The third-order valence-corrected chi connectivity index (χ3v) is 12.4. The normalized spacial score (nSPS) is 14.7. The molecule has 0 heterocycles. The maximum Gasteiger partial charge on any atom is 0.472 e. The van der Waals surface area contributed by atoms with Crippen LogP contribution in [0.4, 0.5) is 0 Å². The third-order valence-electron chi connectivity index (χ3n) is 11.4. The van der Waals surface area contributed by atoms with Crippen LogP contribution < -0.4 is 5.32 Å². The molecular weight excluding hydrogens is 816 g/mol. The van der Waals surface area contributed by atoms with Gasteiger partial charge in [0.1, 0.15) is 13.2 Å². The van der Waals surface area contributed by atoms with Gasteiger partial charge in [0.2, 0.25) is 5.91 Å². The van der Waals surface area contributed by atoms with E-state index in [2.05, 4.69) is 79.9 Å². The number of phosphoric ester groups is 1. The van der Waals surface area contributed by atoms with Crippen molar-refractivity contribution < 1.29 is 32.9 Å². The smallest absolute Gasteiger partial charge is 0.387 e. The number of aliphatic hydroxyl groups is 1. The third kappa shape index (κ3) is 47.9. The molecule has 0 aromatic carbocycles. The summed E-state index contributed by atoms with van der Waals surface area (Å²) in [4.78, 5) is 23.2. The lowest BCUT2D eigenvalue weighted by molar-refractivity contribution is -0.870. The number of phosphoric acid groups is 1. The van der Waals surface area contributed by atoms with E-state index in [0.29, 0.717) is 17.4 Å². The Morgan fingerprint density at radius 1 is 0.531 bits per heavy atom. The van der Waals surface area contributed by atoms with E-state index in [1.54, 1.807) is 6.08 Å². The molecule has 9 heteroatoms. The van der Waals surface area contributed by atoms with E-state index >= 15 is 0 Å². The van der Waals surface area contributed by atoms with Crippen molar-refractivity contribution in [3.63, 3.8) is 0 Å². The van der Waals surface area contributed by atoms with Gasteiger partial charge in [0.05, 0.1) is 39.9 Å². The van der Waals surface area contributed by atoms with E-state index in [9.17, 15) is 19.4 Å². The molecule has 0 saturated heterocycles. The molecule has 0 aromatic heterocycles. The Balaban J connectivity index is 4.18. The topological polar surface area (TPSA) is 105 Å². The largest absolute Gasteiger partial charge is 0.472 e. The molecule has 64 heavy (non-hydrogen) atoms. The summed E-state index contributed by atoms with van der Waals surface area (Å²) in [6, 6.07) is -0.872. The fourth-order valence-electron chi connectivity index (χ4n) is 7.20. The van der Waals surface area contributed by atoms with Crippen LogP contribution in [0.25, 0.3) is 0 Å². The van der Waals surface area contributed by atoms with Crippen molar-refractivity contribution >= 4 is 13.7 Å². The number of hydrogen-bond acceptors (Lipinski definition) is 5. The number of nitrogens with zero attached hydrogens (tertiary/aromatic N) is 1. The summed E-state index contributed by atoms with van der Waals surface area (Å²) >= 11 is 0. The van der Waals surface area contributed by atoms with E-state index in [1.807, 2.05) is 27.2 Å². The molecular formula is C55H102N2O6P+. The molecule has 0 fully saturated rings. The maximum atomic E-state index is 12.9. The van der Waals surface area contributed by atoms with Crippen molar-refractivity contribution in [2.24, 2.45) is 0 Å². The Morgan fingerprint density at radius 3 is 1.39 bits per heavy atom. The van der Waals surface area contributed by atoms with Crippen LogP contribution in [-0.4, -0.2) is 73.4 Å². The monoisotopic (exact) mass is 918 g/mol. The molecule has 8 nitrogen and oxygen atoms in total. The van der Waals surface area contributed by atoms with Crippen molar-refractivity contribution in [1.82, 2.24) is 5.32 Å². The van der Waals surface area contributed by atoms with Gasteiger partial charge in [-0.05, 0) is 83.5 Å². The van der Waals surface area contributed by atoms with Crippen LogP contribution in [0, 0.1) is 0 Å². The van der Waals surface area contributed by atoms with Crippen molar-refractivity contribution in [1.29, 1.82) is 0 Å². The van der Waals surface area contributed by atoms with Gasteiger partial charge in [0, 0.05) is 6.42 Å². The van der Waals surface area contributed by atoms with E-state index in [-0.39, 0.29) is 19.1 Å². The molecule has 0 radical (unpaired) electrons. The predicted molar refractivity (Wildman–Crippen MR) is 276 cm³/mol. The molecule has 0 spiro atoms. The summed E-state index contributed by atoms with van der Waals surface area (Å²) in [5.41, 5.74) is 0. The lowest BCUT2D eigenvalue weighted by atomic mass is 10.0. The van der Waals surface area contributed by atoms with Crippen molar-refractivity contribution in [3.05, 3.63) is 72.9 Å². The number of amides is 1. The van der Waals surface area contributed by atoms with E-state index in [0.717, 1.165) is 64.2 Å². The molecule has 0 bridgehead atoms. The first-order chi connectivity index (χ1) is 31.0. The van der Waals surface area contributed by atoms with Crippen LogP contribution in [0.5, 0.6) is 0 Å². The molecule has 0 aliphatic rings. The molecule has 0 aliphatic carbocycles. The summed E-state index contributed by atoms with van der Waals surface area (Å²) in [5.74, 6) is -0.195. The number of quaternary nitrogens is 1. The highest BCUT2D eigenvalue weighted by Gasteiger charge is 2.27. The Labute approximate surface area is 395 Å². The molecule has 3 N–H and O–H groups in total. The fourth-order valence-corrected chi connectivity index (χ4v) is 7.93. The first-order valence-corrected chi connectivity index (χ1v) is 27.8. The fraction of sp³-hybridized carbons (Fsp3) is 0.764. The van der Waals surface area contributed by atoms with Gasteiger partial charge in [-0.2, -0.15) is 0 Å². The quantitative estimate of drug-likeness (QED) is 0.0243. The minimum atomic E-state index is -4.35. The summed E-state index contributed by atoms with van der Waals surface area (Å²) in [5, 5.41) is 13.8. The number of hydrogen-bond donors (Lipinski definition) is 3. The highest BCUT2D eigenvalue weighted by molar-refractivity contribution is 7.47. The predicted octanol–water partition coefficient (Wildman–Crippen LogP) is 15.5. The van der Waals surface area contributed by atoms with Gasteiger partial charge >= 0.3 is 7.82 Å². The minimum Gasteiger partial charge on any atom is -0.387 e. The number of allylic oxidation sites excluding steroid dienone is 11.